The average molecular weight is 192 g/mol. The Kier molecular flexibility index (Phi) is 3.12. The highest BCUT2D eigenvalue weighted by Crippen LogP contribution is 2.14. The molecule has 0 bridgehead atoms. The SMILES string of the molecule is OC(CCl)c1ccc(Cl)nc1. The molecule has 4 heteroatoms. The first-order valence-electron chi connectivity index (χ1n) is 3.09. The largest absolute Gasteiger partial charge is 0.387 e. The van der Waals surface area contributed by atoms with Crippen LogP contribution in [0.3, 0.4) is 0 Å². The lowest BCUT2D eigenvalue weighted by Crippen LogP contribution is -1.98. The lowest BCUT2D eigenvalue weighted by atomic mass is 10.2. The molecule has 1 N–H and O–H groups in total. The molecule has 1 atom stereocenters. The number of rotatable bonds is 2. The Morgan fingerprint density at radius 1 is 1.55 bits per heavy atom. The summed E-state index contributed by atoms with van der Waals surface area (Å²) in [6.45, 7) is 0. The van der Waals surface area contributed by atoms with Crippen LogP contribution in [-0.4, -0.2) is 16.0 Å². The third-order valence-corrected chi connectivity index (χ3v) is 1.80. The van der Waals surface area contributed by atoms with Gasteiger partial charge in [0.15, 0.2) is 0 Å². The first-order chi connectivity index (χ1) is 5.24. The number of aliphatic hydroxyl groups is 1. The molecular weight excluding hydrogens is 185 g/mol. The van der Waals surface area contributed by atoms with Crippen molar-refractivity contribution in [3.8, 4) is 0 Å². The third kappa shape index (κ3) is 2.33. The smallest absolute Gasteiger partial charge is 0.129 e. The highest BCUT2D eigenvalue weighted by Gasteiger charge is 2.04. The van der Waals surface area contributed by atoms with Crippen molar-refractivity contribution in [1.29, 1.82) is 0 Å². The molecule has 1 rings (SSSR count). The summed E-state index contributed by atoms with van der Waals surface area (Å²) in [5.41, 5.74) is 0.685. The topological polar surface area (TPSA) is 33.1 Å². The van der Waals surface area contributed by atoms with E-state index in [4.69, 9.17) is 23.2 Å². The molecule has 60 valence electrons. The Balaban J connectivity index is 2.81. The quantitative estimate of drug-likeness (QED) is 0.574. The van der Waals surface area contributed by atoms with E-state index in [0.717, 1.165) is 0 Å². The number of hydrogen-bond donors (Lipinski definition) is 1. The molecule has 1 heterocycles. The average Bonchev–Trinajstić information content (AvgIpc) is 2.05. The van der Waals surface area contributed by atoms with Crippen molar-refractivity contribution in [1.82, 2.24) is 4.98 Å². The fourth-order valence-corrected chi connectivity index (χ4v) is 0.963. The Morgan fingerprint density at radius 3 is 2.73 bits per heavy atom. The van der Waals surface area contributed by atoms with Crippen LogP contribution in [0.25, 0.3) is 0 Å². The maximum absolute atomic E-state index is 9.21. The van der Waals surface area contributed by atoms with Gasteiger partial charge in [0.2, 0.25) is 0 Å². The number of pyridine rings is 1. The standard InChI is InChI=1S/C7H7Cl2NO/c8-3-6(11)5-1-2-7(9)10-4-5/h1-2,4,6,11H,3H2. The molecule has 0 spiro atoms. The zero-order chi connectivity index (χ0) is 8.27. The van der Waals surface area contributed by atoms with Crippen LogP contribution in [0.1, 0.15) is 11.7 Å². The fraction of sp³-hybridized carbons (Fsp3) is 0.286. The van der Waals surface area contributed by atoms with E-state index < -0.39 is 6.10 Å². The Hall–Kier alpha value is -0.310. The number of halogens is 2. The van der Waals surface area contributed by atoms with Crippen LogP contribution < -0.4 is 0 Å². The van der Waals surface area contributed by atoms with Gasteiger partial charge in [-0.05, 0) is 6.07 Å². The Bertz CT molecular complexity index is 224. The summed E-state index contributed by atoms with van der Waals surface area (Å²) in [6, 6.07) is 3.31. The molecule has 0 amide bonds. The van der Waals surface area contributed by atoms with Crippen molar-refractivity contribution >= 4 is 23.2 Å². The van der Waals surface area contributed by atoms with Gasteiger partial charge in [-0.15, -0.1) is 11.6 Å². The van der Waals surface area contributed by atoms with Gasteiger partial charge in [0, 0.05) is 11.8 Å². The van der Waals surface area contributed by atoms with E-state index in [1.165, 1.54) is 6.20 Å². The molecule has 0 radical (unpaired) electrons. The molecule has 1 aromatic heterocycles. The highest BCUT2D eigenvalue weighted by molar-refractivity contribution is 6.29. The summed E-state index contributed by atoms with van der Waals surface area (Å²) in [4.78, 5) is 3.79. The lowest BCUT2D eigenvalue weighted by Gasteiger charge is -2.04. The van der Waals surface area contributed by atoms with E-state index in [1.54, 1.807) is 12.1 Å². The van der Waals surface area contributed by atoms with E-state index in [9.17, 15) is 5.11 Å². The van der Waals surface area contributed by atoms with E-state index in [0.29, 0.717) is 10.7 Å². The Labute approximate surface area is 74.8 Å². The molecule has 11 heavy (non-hydrogen) atoms. The number of aromatic nitrogens is 1. The minimum absolute atomic E-state index is 0.170. The van der Waals surface area contributed by atoms with Gasteiger partial charge in [-0.25, -0.2) is 4.98 Å². The van der Waals surface area contributed by atoms with Gasteiger partial charge in [-0.2, -0.15) is 0 Å². The van der Waals surface area contributed by atoms with Crippen molar-refractivity contribution in [2.75, 3.05) is 5.88 Å². The fourth-order valence-electron chi connectivity index (χ4n) is 0.673. The summed E-state index contributed by atoms with van der Waals surface area (Å²) >= 11 is 10.9. The summed E-state index contributed by atoms with van der Waals surface area (Å²) in [5.74, 6) is 0.170. The molecule has 0 aliphatic rings. The molecule has 1 aromatic rings. The van der Waals surface area contributed by atoms with E-state index in [1.807, 2.05) is 0 Å². The second-order valence-corrected chi connectivity index (χ2v) is 2.78. The van der Waals surface area contributed by atoms with Gasteiger partial charge >= 0.3 is 0 Å². The van der Waals surface area contributed by atoms with Crippen molar-refractivity contribution in [2.24, 2.45) is 0 Å². The van der Waals surface area contributed by atoms with Crippen LogP contribution in [0.4, 0.5) is 0 Å². The van der Waals surface area contributed by atoms with Gasteiger partial charge in [-0.3, -0.25) is 0 Å². The number of alkyl halides is 1. The minimum Gasteiger partial charge on any atom is -0.387 e. The van der Waals surface area contributed by atoms with Gasteiger partial charge < -0.3 is 5.11 Å². The zero-order valence-electron chi connectivity index (χ0n) is 5.67. The number of aliphatic hydroxyl groups excluding tert-OH is 1. The predicted octanol–water partition coefficient (Wildman–Crippen LogP) is 2.01. The third-order valence-electron chi connectivity index (χ3n) is 1.28. The van der Waals surface area contributed by atoms with Crippen molar-refractivity contribution < 1.29 is 5.11 Å². The molecule has 0 fully saturated rings. The highest BCUT2D eigenvalue weighted by atomic mass is 35.5. The first kappa shape index (κ1) is 8.78. The van der Waals surface area contributed by atoms with Crippen LogP contribution in [0.5, 0.6) is 0 Å². The van der Waals surface area contributed by atoms with Crippen molar-refractivity contribution in [3.63, 3.8) is 0 Å². The maximum atomic E-state index is 9.21. The number of hydrogen-bond acceptors (Lipinski definition) is 2. The van der Waals surface area contributed by atoms with Gasteiger partial charge in [0.25, 0.3) is 0 Å². The first-order valence-corrected chi connectivity index (χ1v) is 4.01. The lowest BCUT2D eigenvalue weighted by molar-refractivity contribution is 0.202. The molecule has 0 saturated carbocycles. The van der Waals surface area contributed by atoms with Gasteiger partial charge in [-0.1, -0.05) is 17.7 Å². The van der Waals surface area contributed by atoms with Crippen LogP contribution in [0.2, 0.25) is 5.15 Å². The van der Waals surface area contributed by atoms with Crippen molar-refractivity contribution in [3.05, 3.63) is 29.0 Å². The predicted molar refractivity (Wildman–Crippen MR) is 44.9 cm³/mol. The van der Waals surface area contributed by atoms with E-state index in [2.05, 4.69) is 4.98 Å². The second kappa shape index (κ2) is 3.90. The van der Waals surface area contributed by atoms with Gasteiger partial charge in [0.05, 0.1) is 12.0 Å². The monoisotopic (exact) mass is 191 g/mol. The van der Waals surface area contributed by atoms with Crippen LogP contribution in [0, 0.1) is 0 Å². The molecular formula is C7H7Cl2NO. The summed E-state index contributed by atoms with van der Waals surface area (Å²) in [6.07, 6.45) is 0.858. The molecule has 0 aliphatic heterocycles. The molecule has 2 nitrogen and oxygen atoms in total. The Morgan fingerprint density at radius 2 is 2.27 bits per heavy atom. The van der Waals surface area contributed by atoms with Crippen LogP contribution in [0.15, 0.2) is 18.3 Å². The van der Waals surface area contributed by atoms with Gasteiger partial charge in [0.1, 0.15) is 5.15 Å². The van der Waals surface area contributed by atoms with E-state index >= 15 is 0 Å². The summed E-state index contributed by atoms with van der Waals surface area (Å²) < 4.78 is 0. The summed E-state index contributed by atoms with van der Waals surface area (Å²) in [5, 5.41) is 9.62. The summed E-state index contributed by atoms with van der Waals surface area (Å²) in [7, 11) is 0. The van der Waals surface area contributed by atoms with Crippen LogP contribution in [-0.2, 0) is 0 Å². The second-order valence-electron chi connectivity index (χ2n) is 2.08. The zero-order valence-corrected chi connectivity index (χ0v) is 7.18. The van der Waals surface area contributed by atoms with Crippen molar-refractivity contribution in [2.45, 2.75) is 6.10 Å². The van der Waals surface area contributed by atoms with Crippen LogP contribution >= 0.6 is 23.2 Å². The maximum Gasteiger partial charge on any atom is 0.129 e. The minimum atomic E-state index is -0.651. The molecule has 0 saturated heterocycles. The normalized spacial score (nSPS) is 13.0. The molecule has 1 unspecified atom stereocenters. The van der Waals surface area contributed by atoms with E-state index in [-0.39, 0.29) is 5.88 Å². The molecule has 0 aliphatic carbocycles. The molecule has 0 aromatic carbocycles. The number of nitrogens with zero attached hydrogens (tertiary/aromatic N) is 1.